The third-order valence-corrected chi connectivity index (χ3v) is 4.31. The number of hydrogen-bond acceptors (Lipinski definition) is 2. The fourth-order valence-electron chi connectivity index (χ4n) is 2.71. The molecule has 0 spiro atoms. The molecule has 1 heterocycles. The van der Waals surface area contributed by atoms with Crippen LogP contribution < -0.4 is 0 Å². The summed E-state index contributed by atoms with van der Waals surface area (Å²) in [7, 11) is 0. The van der Waals surface area contributed by atoms with Crippen molar-refractivity contribution in [3.8, 4) is 0 Å². The predicted molar refractivity (Wildman–Crippen MR) is 86.4 cm³/mol. The minimum atomic E-state index is -0.755. The number of carboxylic acids is 1. The van der Waals surface area contributed by atoms with E-state index in [1.165, 1.54) is 5.56 Å². The second-order valence-electron chi connectivity index (χ2n) is 5.82. The van der Waals surface area contributed by atoms with Gasteiger partial charge in [0.15, 0.2) is 0 Å². The maximum absolute atomic E-state index is 12.3. The molecule has 1 amide bonds. The molecule has 0 aromatic heterocycles. The number of rotatable bonds is 4. The van der Waals surface area contributed by atoms with Crippen molar-refractivity contribution < 1.29 is 14.7 Å². The Bertz CT molecular complexity index is 566. The Morgan fingerprint density at radius 1 is 1.23 bits per heavy atom. The van der Waals surface area contributed by atoms with Crippen molar-refractivity contribution in [2.24, 2.45) is 5.92 Å². The highest BCUT2D eigenvalue weighted by atomic mass is 16.4. The summed E-state index contributed by atoms with van der Waals surface area (Å²) in [4.78, 5) is 25.0. The molecular formula is C18H23NO3. The number of likely N-dealkylation sites (tertiary alicyclic amines) is 1. The van der Waals surface area contributed by atoms with Gasteiger partial charge in [-0.05, 0) is 42.9 Å². The lowest BCUT2D eigenvalue weighted by atomic mass is 9.97. The standard InChI is InChI=1S/C18H23NO3/c1-3-14-4-6-15(7-5-14)13(2)12-17(20)19-10-8-16(9-11-19)18(21)22/h4-7,12,16H,3,8-11H2,1-2H3,(H,21,22)/b13-12+. The van der Waals surface area contributed by atoms with E-state index in [1.807, 2.05) is 19.1 Å². The highest BCUT2D eigenvalue weighted by molar-refractivity contribution is 5.95. The van der Waals surface area contributed by atoms with Crippen molar-refractivity contribution >= 4 is 17.4 Å². The second kappa shape index (κ2) is 7.25. The van der Waals surface area contributed by atoms with Gasteiger partial charge in [-0.3, -0.25) is 9.59 Å². The zero-order valence-electron chi connectivity index (χ0n) is 13.2. The lowest BCUT2D eigenvalue weighted by Crippen LogP contribution is -2.39. The molecule has 1 aliphatic heterocycles. The smallest absolute Gasteiger partial charge is 0.306 e. The van der Waals surface area contributed by atoms with E-state index in [9.17, 15) is 9.59 Å². The summed E-state index contributed by atoms with van der Waals surface area (Å²) in [5.41, 5.74) is 3.26. The Morgan fingerprint density at radius 3 is 2.32 bits per heavy atom. The molecule has 0 radical (unpaired) electrons. The van der Waals surface area contributed by atoms with Crippen molar-refractivity contribution in [2.45, 2.75) is 33.1 Å². The molecule has 2 rings (SSSR count). The molecule has 0 bridgehead atoms. The molecule has 4 nitrogen and oxygen atoms in total. The molecule has 0 unspecified atom stereocenters. The second-order valence-corrected chi connectivity index (χ2v) is 5.82. The maximum atomic E-state index is 12.3. The van der Waals surface area contributed by atoms with Crippen LogP contribution >= 0.6 is 0 Å². The maximum Gasteiger partial charge on any atom is 0.306 e. The van der Waals surface area contributed by atoms with Crippen molar-refractivity contribution in [1.29, 1.82) is 0 Å². The normalized spacial score (nSPS) is 16.6. The number of aryl methyl sites for hydroxylation is 1. The Hall–Kier alpha value is -2.10. The van der Waals surface area contributed by atoms with Crippen LogP contribution in [0, 0.1) is 5.92 Å². The average Bonchev–Trinajstić information content (AvgIpc) is 2.54. The van der Waals surface area contributed by atoms with Gasteiger partial charge in [-0.1, -0.05) is 31.2 Å². The summed E-state index contributed by atoms with van der Waals surface area (Å²) in [5, 5.41) is 8.98. The molecule has 0 saturated carbocycles. The summed E-state index contributed by atoms with van der Waals surface area (Å²) in [5.74, 6) is -1.09. The predicted octanol–water partition coefficient (Wildman–Crippen LogP) is 2.98. The quantitative estimate of drug-likeness (QED) is 0.870. The first-order valence-electron chi connectivity index (χ1n) is 7.80. The van der Waals surface area contributed by atoms with Gasteiger partial charge in [-0.2, -0.15) is 0 Å². The van der Waals surface area contributed by atoms with Gasteiger partial charge >= 0.3 is 5.97 Å². The third-order valence-electron chi connectivity index (χ3n) is 4.31. The fraction of sp³-hybridized carbons (Fsp3) is 0.444. The van der Waals surface area contributed by atoms with E-state index in [0.29, 0.717) is 25.9 Å². The first-order valence-corrected chi connectivity index (χ1v) is 7.80. The number of carbonyl (C=O) groups excluding carboxylic acids is 1. The number of carbonyl (C=O) groups is 2. The molecule has 1 fully saturated rings. The van der Waals surface area contributed by atoms with Gasteiger partial charge in [0.1, 0.15) is 0 Å². The van der Waals surface area contributed by atoms with E-state index < -0.39 is 5.97 Å². The summed E-state index contributed by atoms with van der Waals surface area (Å²) >= 11 is 0. The number of nitrogens with zero attached hydrogens (tertiary/aromatic N) is 1. The van der Waals surface area contributed by atoms with E-state index in [1.54, 1.807) is 11.0 Å². The van der Waals surface area contributed by atoms with Crippen molar-refractivity contribution in [3.63, 3.8) is 0 Å². The SMILES string of the molecule is CCc1ccc(/C(C)=C/C(=O)N2CCC(C(=O)O)CC2)cc1. The van der Waals surface area contributed by atoms with Gasteiger partial charge < -0.3 is 10.0 Å². The van der Waals surface area contributed by atoms with Gasteiger partial charge in [-0.25, -0.2) is 0 Å². The number of hydrogen-bond donors (Lipinski definition) is 1. The molecule has 1 aromatic rings. The zero-order valence-corrected chi connectivity index (χ0v) is 13.2. The summed E-state index contributed by atoms with van der Waals surface area (Å²) in [6.45, 7) is 5.09. The first-order chi connectivity index (χ1) is 10.5. The molecular weight excluding hydrogens is 278 g/mol. The summed E-state index contributed by atoms with van der Waals surface area (Å²) in [6, 6.07) is 8.23. The number of benzene rings is 1. The molecule has 22 heavy (non-hydrogen) atoms. The molecule has 4 heteroatoms. The number of piperidine rings is 1. The monoisotopic (exact) mass is 301 g/mol. The lowest BCUT2D eigenvalue weighted by molar-refractivity contribution is -0.144. The van der Waals surface area contributed by atoms with E-state index >= 15 is 0 Å². The van der Waals surface area contributed by atoms with Gasteiger partial charge in [0, 0.05) is 19.2 Å². The Labute approximate surface area is 131 Å². The topological polar surface area (TPSA) is 57.6 Å². The van der Waals surface area contributed by atoms with Crippen molar-refractivity contribution in [1.82, 2.24) is 4.90 Å². The van der Waals surface area contributed by atoms with Gasteiger partial charge in [0.05, 0.1) is 5.92 Å². The molecule has 1 aromatic carbocycles. The largest absolute Gasteiger partial charge is 0.481 e. The highest BCUT2D eigenvalue weighted by Gasteiger charge is 2.26. The van der Waals surface area contributed by atoms with Gasteiger partial charge in [-0.15, -0.1) is 0 Å². The zero-order chi connectivity index (χ0) is 16.1. The average molecular weight is 301 g/mol. The summed E-state index contributed by atoms with van der Waals surface area (Å²) < 4.78 is 0. The van der Waals surface area contributed by atoms with E-state index in [2.05, 4.69) is 19.1 Å². The van der Waals surface area contributed by atoms with Crippen LogP contribution in [0.25, 0.3) is 5.57 Å². The van der Waals surface area contributed by atoms with Crippen molar-refractivity contribution in [2.75, 3.05) is 13.1 Å². The Balaban J connectivity index is 1.99. The fourth-order valence-corrected chi connectivity index (χ4v) is 2.71. The van der Waals surface area contributed by atoms with Crippen LogP contribution in [0.15, 0.2) is 30.3 Å². The summed E-state index contributed by atoms with van der Waals surface area (Å²) in [6.07, 6.45) is 3.74. The van der Waals surface area contributed by atoms with Crippen molar-refractivity contribution in [3.05, 3.63) is 41.5 Å². The number of carboxylic acid groups (broad SMARTS) is 1. The van der Waals surface area contributed by atoms with Crippen LogP contribution in [0.3, 0.4) is 0 Å². The number of aliphatic carboxylic acids is 1. The molecule has 0 aliphatic carbocycles. The van der Waals surface area contributed by atoms with Gasteiger partial charge in [0.25, 0.3) is 0 Å². The lowest BCUT2D eigenvalue weighted by Gasteiger charge is -2.29. The van der Waals surface area contributed by atoms with E-state index in [4.69, 9.17) is 5.11 Å². The number of amides is 1. The van der Waals surface area contributed by atoms with Crippen LogP contribution in [0.1, 0.15) is 37.8 Å². The van der Waals surface area contributed by atoms with E-state index in [-0.39, 0.29) is 11.8 Å². The van der Waals surface area contributed by atoms with Gasteiger partial charge in [0.2, 0.25) is 5.91 Å². The minimum Gasteiger partial charge on any atom is -0.481 e. The first kappa shape index (κ1) is 16.3. The molecule has 118 valence electrons. The molecule has 0 atom stereocenters. The Morgan fingerprint density at radius 2 is 1.82 bits per heavy atom. The molecule has 1 N–H and O–H groups in total. The van der Waals surface area contributed by atoms with Crippen LogP contribution in [0.5, 0.6) is 0 Å². The minimum absolute atomic E-state index is 0.0269. The van der Waals surface area contributed by atoms with Crippen LogP contribution in [-0.4, -0.2) is 35.0 Å². The van der Waals surface area contributed by atoms with Crippen LogP contribution in [0.4, 0.5) is 0 Å². The number of allylic oxidation sites excluding steroid dienone is 1. The highest BCUT2D eigenvalue weighted by Crippen LogP contribution is 2.19. The molecule has 1 saturated heterocycles. The molecule has 1 aliphatic rings. The van der Waals surface area contributed by atoms with E-state index in [0.717, 1.165) is 17.6 Å². The van der Waals surface area contributed by atoms with Crippen LogP contribution in [0.2, 0.25) is 0 Å². The van der Waals surface area contributed by atoms with Crippen LogP contribution in [-0.2, 0) is 16.0 Å². The Kier molecular flexibility index (Phi) is 5.36. The third kappa shape index (κ3) is 3.97.